The largest absolute Gasteiger partial charge is 3.00 e. The molecule has 0 radical (unpaired) electrons. The van der Waals surface area contributed by atoms with Crippen molar-refractivity contribution in [3.63, 3.8) is 0 Å². The van der Waals surface area contributed by atoms with E-state index >= 15 is 0 Å². The minimum Gasteiger partial charge on any atom is -0.510 e. The fraction of sp³-hybridized carbons (Fsp3) is 0.0588. The number of rotatable bonds is 2. The van der Waals surface area contributed by atoms with E-state index < -0.39 is 0 Å². The van der Waals surface area contributed by atoms with Gasteiger partial charge in [0.05, 0.1) is 0 Å². The molecule has 0 atom stereocenters. The van der Waals surface area contributed by atoms with Crippen molar-refractivity contribution in [1.29, 1.82) is 0 Å². The van der Waals surface area contributed by atoms with Crippen LogP contribution in [0, 0.1) is 25.7 Å². The van der Waals surface area contributed by atoms with E-state index in [9.17, 15) is 0 Å². The summed E-state index contributed by atoms with van der Waals surface area (Å²) >= 11 is 0. The van der Waals surface area contributed by atoms with Gasteiger partial charge in [-0.05, 0) is 54.6 Å². The molecular weight excluding hydrogens is 657 g/mol. The van der Waals surface area contributed by atoms with Gasteiger partial charge in [-0.25, -0.2) is 0 Å². The zero-order chi connectivity index (χ0) is 25.6. The summed E-state index contributed by atoms with van der Waals surface area (Å²) in [6.45, 7) is 4.09. The maximum atomic E-state index is 4.32. The molecule has 1 aliphatic rings. The molecule has 5 heteroatoms. The van der Waals surface area contributed by atoms with Gasteiger partial charge >= 0.3 is 20.1 Å². The van der Waals surface area contributed by atoms with Crippen molar-refractivity contribution in [3.8, 4) is 11.3 Å². The van der Waals surface area contributed by atoms with Gasteiger partial charge in [0.2, 0.25) is 0 Å². The molecular formula is C34H25IrN4. The van der Waals surface area contributed by atoms with Crippen molar-refractivity contribution in [1.82, 2.24) is 14.3 Å². The van der Waals surface area contributed by atoms with Gasteiger partial charge in [0.15, 0.2) is 0 Å². The molecule has 0 N–H and O–H groups in total. The Balaban J connectivity index is 0.000000169. The van der Waals surface area contributed by atoms with Crippen molar-refractivity contribution < 1.29 is 20.1 Å². The Hall–Kier alpha value is -4.18. The molecule has 7 aromatic rings. The number of pyridine rings is 1. The van der Waals surface area contributed by atoms with Gasteiger partial charge in [0.1, 0.15) is 0 Å². The molecule has 1 aliphatic heterocycles. The van der Waals surface area contributed by atoms with Crippen LogP contribution in [0.4, 0.5) is 5.69 Å². The fourth-order valence-electron chi connectivity index (χ4n) is 5.26. The summed E-state index contributed by atoms with van der Waals surface area (Å²) in [5.41, 5.74) is 8.04. The van der Waals surface area contributed by atoms with Gasteiger partial charge in [-0.2, -0.15) is 6.67 Å². The van der Waals surface area contributed by atoms with Crippen molar-refractivity contribution in [3.05, 3.63) is 134 Å². The molecule has 3 aromatic heterocycles. The zero-order valence-electron chi connectivity index (χ0n) is 21.6. The molecule has 0 saturated carbocycles. The number of para-hydroxylation sites is 2. The van der Waals surface area contributed by atoms with E-state index in [0.717, 1.165) is 16.9 Å². The number of nitrogens with zero attached hydrogens (tertiary/aromatic N) is 4. The first-order valence-corrected chi connectivity index (χ1v) is 12.7. The summed E-state index contributed by atoms with van der Waals surface area (Å²) in [4.78, 5) is 8.46. The normalized spacial score (nSPS) is 12.9. The first-order valence-electron chi connectivity index (χ1n) is 12.7. The van der Waals surface area contributed by atoms with Crippen LogP contribution in [0.5, 0.6) is 0 Å². The molecule has 0 fully saturated rings. The summed E-state index contributed by atoms with van der Waals surface area (Å²) in [5, 5.41) is 5.07. The molecule has 0 amide bonds. The average molecular weight is 682 g/mol. The number of fused-ring (bicyclic) bond motifs is 6. The number of anilines is 1. The van der Waals surface area contributed by atoms with E-state index in [1.165, 1.54) is 43.7 Å². The van der Waals surface area contributed by atoms with Crippen molar-refractivity contribution >= 4 is 43.8 Å². The fourth-order valence-corrected chi connectivity index (χ4v) is 5.26. The molecule has 0 aliphatic carbocycles. The number of aryl methyl sites for hydroxylation is 1. The minimum atomic E-state index is 0. The van der Waals surface area contributed by atoms with Crippen molar-refractivity contribution in [2.45, 2.75) is 6.92 Å². The third kappa shape index (κ3) is 4.34. The van der Waals surface area contributed by atoms with Crippen LogP contribution in [0.2, 0.25) is 0 Å². The molecule has 4 aromatic carbocycles. The third-order valence-corrected chi connectivity index (χ3v) is 7.06. The maximum absolute atomic E-state index is 4.32. The maximum Gasteiger partial charge on any atom is 3.00 e. The Bertz CT molecular complexity index is 1920. The predicted molar refractivity (Wildman–Crippen MR) is 157 cm³/mol. The van der Waals surface area contributed by atoms with Crippen LogP contribution < -0.4 is 4.90 Å². The first-order chi connectivity index (χ1) is 18.7. The van der Waals surface area contributed by atoms with Crippen LogP contribution in [0.15, 0.2) is 110 Å². The Kier molecular flexibility index (Phi) is 6.56. The Morgan fingerprint density at radius 2 is 1.59 bits per heavy atom. The summed E-state index contributed by atoms with van der Waals surface area (Å²) in [5.74, 6) is 0. The molecule has 0 saturated heterocycles. The molecule has 0 spiro atoms. The Labute approximate surface area is 241 Å². The summed E-state index contributed by atoms with van der Waals surface area (Å²) in [7, 11) is 2.03. The molecule has 39 heavy (non-hydrogen) atoms. The van der Waals surface area contributed by atoms with Gasteiger partial charge in [-0.3, -0.25) is 0 Å². The Morgan fingerprint density at radius 1 is 0.769 bits per heavy atom. The number of hydrogen-bond acceptors (Lipinski definition) is 3. The quantitative estimate of drug-likeness (QED) is 0.174. The summed E-state index contributed by atoms with van der Waals surface area (Å²) in [6.07, 6.45) is 5.97. The number of hydrogen-bond donors (Lipinski definition) is 0. The smallest absolute Gasteiger partial charge is 0.510 e. The topological polar surface area (TPSA) is 23.8 Å². The second-order valence-corrected chi connectivity index (χ2v) is 9.64. The van der Waals surface area contributed by atoms with Crippen molar-refractivity contribution in [2.24, 2.45) is 0 Å². The van der Waals surface area contributed by atoms with Gasteiger partial charge in [-0.1, -0.05) is 59.6 Å². The monoisotopic (exact) mass is 682 g/mol. The minimum absolute atomic E-state index is 0. The van der Waals surface area contributed by atoms with Crippen LogP contribution in [-0.2, 0) is 20.1 Å². The third-order valence-electron chi connectivity index (χ3n) is 7.06. The van der Waals surface area contributed by atoms with E-state index in [0.29, 0.717) is 0 Å². The van der Waals surface area contributed by atoms with E-state index in [1.807, 2.05) is 61.6 Å². The van der Waals surface area contributed by atoms with E-state index in [2.05, 4.69) is 99.9 Å². The average Bonchev–Trinajstić information content (AvgIpc) is 3.65. The Morgan fingerprint density at radius 3 is 2.36 bits per heavy atom. The van der Waals surface area contributed by atoms with E-state index in [4.69, 9.17) is 0 Å². The van der Waals surface area contributed by atoms with Crippen LogP contribution in [-0.4, -0.2) is 21.3 Å². The van der Waals surface area contributed by atoms with E-state index in [-0.39, 0.29) is 20.1 Å². The van der Waals surface area contributed by atoms with Crippen LogP contribution in [0.1, 0.15) is 5.56 Å². The molecule has 4 nitrogen and oxygen atoms in total. The summed E-state index contributed by atoms with van der Waals surface area (Å²) < 4.78 is 2.38. The SMILES string of the molecule is CN1C=CN(c2[c-]c3c4cccc5c6ccccc6n(c3cc2)c45)[CH-]1.Cc1ccc(-c2[c-]cccc2)nc1.[Ir+3]. The standard InChI is InChI=1S/C22H15N3.C12H10N.Ir/c1-23-11-12-24(14-23)15-9-10-21-19(13-15)18-7-4-6-17-16-5-2-3-8-20(16)25(21)22(17)18;1-10-7-8-12(13-9-10)11-5-3-2-4-6-11;/h2-12,14H,1H3;2-5,7-9H,1H3;/q-2;-1;+3. The molecule has 8 rings (SSSR count). The molecule has 0 unspecified atom stereocenters. The van der Waals surface area contributed by atoms with Gasteiger partial charge < -0.3 is 19.2 Å². The van der Waals surface area contributed by atoms with Crippen molar-refractivity contribution in [2.75, 3.05) is 11.9 Å². The van der Waals surface area contributed by atoms with Crippen LogP contribution in [0.25, 0.3) is 49.4 Å². The van der Waals surface area contributed by atoms with Crippen LogP contribution >= 0.6 is 0 Å². The molecule has 0 bridgehead atoms. The molecule has 190 valence electrons. The number of benzene rings is 4. The van der Waals surface area contributed by atoms with Gasteiger partial charge in [0.25, 0.3) is 0 Å². The van der Waals surface area contributed by atoms with Gasteiger partial charge in [-0.15, -0.1) is 59.5 Å². The first kappa shape index (κ1) is 25.1. The van der Waals surface area contributed by atoms with E-state index in [1.54, 1.807) is 0 Å². The predicted octanol–water partition coefficient (Wildman–Crippen LogP) is 7.83. The number of aromatic nitrogens is 2. The van der Waals surface area contributed by atoms with Gasteiger partial charge in [0, 0.05) is 22.6 Å². The molecule has 4 heterocycles. The zero-order valence-corrected chi connectivity index (χ0v) is 24.0. The second-order valence-electron chi connectivity index (χ2n) is 9.64. The second kappa shape index (κ2) is 10.2. The summed E-state index contributed by atoms with van der Waals surface area (Å²) in [6, 6.07) is 38.3. The van der Waals surface area contributed by atoms with Crippen LogP contribution in [0.3, 0.4) is 0 Å².